The van der Waals surface area contributed by atoms with Crippen LogP contribution in [0.3, 0.4) is 0 Å². The van der Waals surface area contributed by atoms with Crippen LogP contribution in [0.25, 0.3) is 11.4 Å². The highest BCUT2D eigenvalue weighted by molar-refractivity contribution is 7.99. The van der Waals surface area contributed by atoms with E-state index >= 15 is 0 Å². The first kappa shape index (κ1) is 21.3. The molecule has 0 bridgehead atoms. The molecule has 0 aliphatic rings. The summed E-state index contributed by atoms with van der Waals surface area (Å²) in [6.45, 7) is 7.95. The molecule has 0 saturated heterocycles. The standard InChI is InChI=1S/C21H21N5O3S/c1-4-11-25-20(17-8-6-5-7-14(17)2)23-24-21(25)30-13-19(27)22-16-10-9-15(3)18(12-16)26(28)29/h4-10,12H,1,11,13H2,2-3H3,(H,22,27). The first-order valence-corrected chi connectivity index (χ1v) is 10.2. The van der Waals surface area contributed by atoms with E-state index in [1.54, 1.807) is 25.1 Å². The van der Waals surface area contributed by atoms with E-state index in [-0.39, 0.29) is 17.3 Å². The minimum atomic E-state index is -0.468. The van der Waals surface area contributed by atoms with E-state index in [0.717, 1.165) is 11.1 Å². The molecule has 0 aliphatic heterocycles. The Kier molecular flexibility index (Phi) is 6.63. The van der Waals surface area contributed by atoms with Gasteiger partial charge in [0.25, 0.3) is 5.69 Å². The van der Waals surface area contributed by atoms with Crippen molar-refractivity contribution >= 4 is 29.0 Å². The monoisotopic (exact) mass is 423 g/mol. The van der Waals surface area contributed by atoms with Gasteiger partial charge in [-0.05, 0) is 25.5 Å². The summed E-state index contributed by atoms with van der Waals surface area (Å²) in [5.74, 6) is 0.513. The van der Waals surface area contributed by atoms with E-state index in [1.165, 1.54) is 17.8 Å². The molecule has 1 N–H and O–H groups in total. The van der Waals surface area contributed by atoms with Crippen LogP contribution in [-0.4, -0.2) is 31.3 Å². The third kappa shape index (κ3) is 4.74. The molecule has 0 spiro atoms. The Bertz CT molecular complexity index is 1110. The number of allylic oxidation sites excluding steroid dienone is 1. The molecule has 9 heteroatoms. The van der Waals surface area contributed by atoms with Crippen LogP contribution in [0.1, 0.15) is 11.1 Å². The second kappa shape index (κ2) is 9.36. The van der Waals surface area contributed by atoms with Crippen LogP contribution in [0.4, 0.5) is 11.4 Å². The fourth-order valence-electron chi connectivity index (χ4n) is 2.92. The fraction of sp³-hybridized carbons (Fsp3) is 0.190. The van der Waals surface area contributed by atoms with E-state index in [4.69, 9.17) is 0 Å². The number of hydrogen-bond acceptors (Lipinski definition) is 6. The van der Waals surface area contributed by atoms with Crippen LogP contribution in [-0.2, 0) is 11.3 Å². The van der Waals surface area contributed by atoms with Crippen LogP contribution in [0.2, 0.25) is 0 Å². The zero-order valence-electron chi connectivity index (χ0n) is 16.7. The molecule has 0 aliphatic carbocycles. The molecule has 0 radical (unpaired) electrons. The number of hydrogen-bond donors (Lipinski definition) is 1. The lowest BCUT2D eigenvalue weighted by Crippen LogP contribution is -2.15. The van der Waals surface area contributed by atoms with Crippen molar-refractivity contribution in [2.45, 2.75) is 25.5 Å². The summed E-state index contributed by atoms with van der Waals surface area (Å²) in [5, 5.41) is 22.9. The zero-order valence-corrected chi connectivity index (χ0v) is 17.5. The highest BCUT2D eigenvalue weighted by Gasteiger charge is 2.17. The number of carbonyl (C=O) groups is 1. The number of anilines is 1. The number of aromatic nitrogens is 3. The summed E-state index contributed by atoms with van der Waals surface area (Å²) in [5.41, 5.74) is 2.93. The van der Waals surface area contributed by atoms with Crippen molar-refractivity contribution in [1.29, 1.82) is 0 Å². The average molecular weight is 423 g/mol. The molecule has 0 fully saturated rings. The van der Waals surface area contributed by atoms with Crippen LogP contribution in [0.5, 0.6) is 0 Å². The number of nitro benzene ring substituents is 1. The summed E-state index contributed by atoms with van der Waals surface area (Å²) in [4.78, 5) is 23.0. The lowest BCUT2D eigenvalue weighted by atomic mass is 10.1. The summed E-state index contributed by atoms with van der Waals surface area (Å²) in [7, 11) is 0. The fourth-order valence-corrected chi connectivity index (χ4v) is 3.67. The van der Waals surface area contributed by atoms with Crippen molar-refractivity contribution in [2.75, 3.05) is 11.1 Å². The van der Waals surface area contributed by atoms with Crippen molar-refractivity contribution in [3.63, 3.8) is 0 Å². The molecule has 1 heterocycles. The summed E-state index contributed by atoms with van der Waals surface area (Å²) in [6, 6.07) is 12.5. The molecule has 0 unspecified atom stereocenters. The first-order valence-electron chi connectivity index (χ1n) is 9.18. The van der Waals surface area contributed by atoms with Gasteiger partial charge in [0, 0.05) is 29.4 Å². The van der Waals surface area contributed by atoms with Gasteiger partial charge in [-0.1, -0.05) is 48.2 Å². The number of amides is 1. The molecular weight excluding hydrogens is 402 g/mol. The third-order valence-electron chi connectivity index (χ3n) is 4.44. The van der Waals surface area contributed by atoms with E-state index in [1.807, 2.05) is 35.8 Å². The molecule has 1 amide bonds. The molecule has 0 atom stereocenters. The molecular formula is C21H21N5O3S. The SMILES string of the molecule is C=CCn1c(SCC(=O)Nc2ccc(C)c([N+](=O)[O-])c2)nnc1-c1ccccc1C. The summed E-state index contributed by atoms with van der Waals surface area (Å²) < 4.78 is 1.91. The molecule has 0 saturated carbocycles. The third-order valence-corrected chi connectivity index (χ3v) is 5.40. The lowest BCUT2D eigenvalue weighted by Gasteiger charge is -2.10. The largest absolute Gasteiger partial charge is 0.325 e. The molecule has 8 nitrogen and oxygen atoms in total. The number of rotatable bonds is 8. The second-order valence-corrected chi connectivity index (χ2v) is 7.56. The predicted molar refractivity (Wildman–Crippen MR) is 118 cm³/mol. The number of benzene rings is 2. The van der Waals surface area contributed by atoms with Crippen LogP contribution in [0.15, 0.2) is 60.3 Å². The van der Waals surface area contributed by atoms with Crippen molar-refractivity contribution < 1.29 is 9.72 Å². The lowest BCUT2D eigenvalue weighted by molar-refractivity contribution is -0.385. The molecule has 30 heavy (non-hydrogen) atoms. The number of thioether (sulfide) groups is 1. The molecule has 3 aromatic rings. The minimum Gasteiger partial charge on any atom is -0.325 e. The average Bonchev–Trinajstić information content (AvgIpc) is 3.11. The Morgan fingerprint density at radius 1 is 1.23 bits per heavy atom. The molecule has 154 valence electrons. The van der Waals surface area contributed by atoms with Gasteiger partial charge in [-0.3, -0.25) is 19.5 Å². The number of nitrogens with zero attached hydrogens (tertiary/aromatic N) is 4. The van der Waals surface area contributed by atoms with E-state index in [2.05, 4.69) is 22.1 Å². The van der Waals surface area contributed by atoms with E-state index in [0.29, 0.717) is 28.8 Å². The van der Waals surface area contributed by atoms with Gasteiger partial charge < -0.3 is 5.32 Å². The Morgan fingerprint density at radius 3 is 2.70 bits per heavy atom. The number of aryl methyl sites for hydroxylation is 2. The van der Waals surface area contributed by atoms with E-state index < -0.39 is 4.92 Å². The van der Waals surface area contributed by atoms with Gasteiger partial charge in [-0.25, -0.2) is 0 Å². The van der Waals surface area contributed by atoms with Gasteiger partial charge in [-0.2, -0.15) is 0 Å². The molecule has 3 rings (SSSR count). The smallest absolute Gasteiger partial charge is 0.274 e. The van der Waals surface area contributed by atoms with Crippen LogP contribution < -0.4 is 5.32 Å². The Labute approximate surface area is 178 Å². The van der Waals surface area contributed by atoms with Gasteiger partial charge in [-0.15, -0.1) is 16.8 Å². The van der Waals surface area contributed by atoms with Crippen molar-refractivity contribution in [2.24, 2.45) is 0 Å². The molecule has 2 aromatic carbocycles. The summed E-state index contributed by atoms with van der Waals surface area (Å²) >= 11 is 1.25. The van der Waals surface area contributed by atoms with Crippen molar-refractivity contribution in [1.82, 2.24) is 14.8 Å². The number of carbonyl (C=O) groups excluding carboxylic acids is 1. The molecule has 1 aromatic heterocycles. The first-order chi connectivity index (χ1) is 14.4. The highest BCUT2D eigenvalue weighted by Crippen LogP contribution is 2.27. The zero-order chi connectivity index (χ0) is 21.7. The van der Waals surface area contributed by atoms with E-state index in [9.17, 15) is 14.9 Å². The second-order valence-electron chi connectivity index (χ2n) is 6.62. The number of nitrogens with one attached hydrogen (secondary N) is 1. The number of nitro groups is 1. The maximum atomic E-state index is 12.4. The normalized spacial score (nSPS) is 10.6. The van der Waals surface area contributed by atoms with Crippen molar-refractivity contribution in [3.8, 4) is 11.4 Å². The minimum absolute atomic E-state index is 0.0333. The van der Waals surface area contributed by atoms with Gasteiger partial charge in [0.2, 0.25) is 5.91 Å². The van der Waals surface area contributed by atoms with Crippen molar-refractivity contribution in [3.05, 3.63) is 76.4 Å². The topological polar surface area (TPSA) is 103 Å². The van der Waals surface area contributed by atoms with Gasteiger partial charge in [0.15, 0.2) is 11.0 Å². The van der Waals surface area contributed by atoms with Gasteiger partial charge >= 0.3 is 0 Å². The Morgan fingerprint density at radius 2 is 2.00 bits per heavy atom. The predicted octanol–water partition coefficient (Wildman–Crippen LogP) is 4.39. The maximum Gasteiger partial charge on any atom is 0.274 e. The quantitative estimate of drug-likeness (QED) is 0.249. The Balaban J connectivity index is 1.74. The highest BCUT2D eigenvalue weighted by atomic mass is 32.2. The maximum absolute atomic E-state index is 12.4. The van der Waals surface area contributed by atoms with Gasteiger partial charge in [0.1, 0.15) is 0 Å². The summed E-state index contributed by atoms with van der Waals surface area (Å²) in [6.07, 6.45) is 1.75. The Hall–Kier alpha value is -3.46. The van der Waals surface area contributed by atoms with Crippen LogP contribution >= 0.6 is 11.8 Å². The van der Waals surface area contributed by atoms with Gasteiger partial charge in [0.05, 0.1) is 10.7 Å². The van der Waals surface area contributed by atoms with Crippen LogP contribution in [0, 0.1) is 24.0 Å².